The van der Waals surface area contributed by atoms with E-state index in [1.807, 2.05) is 48.5 Å². The fraction of sp³-hybridized carbons (Fsp3) is 0.355. The number of piperidine rings is 1. The third kappa shape index (κ3) is 5.12. The Morgan fingerprint density at radius 2 is 1.78 bits per heavy atom. The molecular weight excluding hydrogens is 460 g/mol. The van der Waals surface area contributed by atoms with Crippen molar-refractivity contribution in [2.24, 2.45) is 5.92 Å². The summed E-state index contributed by atoms with van der Waals surface area (Å²) < 4.78 is 6.21. The maximum absolute atomic E-state index is 13.4. The molecule has 2 heterocycles. The van der Waals surface area contributed by atoms with Crippen LogP contribution >= 0.6 is 0 Å². The highest BCUT2D eigenvalue weighted by Crippen LogP contribution is 2.42. The van der Waals surface area contributed by atoms with Crippen molar-refractivity contribution >= 4 is 16.8 Å². The molecule has 2 fully saturated rings. The Labute approximate surface area is 218 Å². The minimum Gasteiger partial charge on any atom is -0.490 e. The molecule has 6 heteroatoms. The van der Waals surface area contributed by atoms with Gasteiger partial charge in [-0.05, 0) is 99.2 Å². The fourth-order valence-electron chi connectivity index (χ4n) is 5.40. The molecule has 3 aromatic carbocycles. The van der Waals surface area contributed by atoms with Crippen molar-refractivity contribution in [2.75, 3.05) is 20.1 Å². The molecule has 0 radical (unpaired) electrons. The molecule has 1 aliphatic carbocycles. The van der Waals surface area contributed by atoms with Crippen LogP contribution in [0.1, 0.15) is 53.2 Å². The minimum absolute atomic E-state index is 0.0453. The van der Waals surface area contributed by atoms with Gasteiger partial charge in [0.25, 0.3) is 5.91 Å². The predicted octanol–water partition coefficient (Wildman–Crippen LogP) is 5.89. The molecule has 1 unspecified atom stereocenters. The molecule has 6 nitrogen and oxygen atoms in total. The monoisotopic (exact) mass is 494 g/mol. The average Bonchev–Trinajstić information content (AvgIpc) is 3.68. The summed E-state index contributed by atoms with van der Waals surface area (Å²) in [5.74, 6) is 1.35. The van der Waals surface area contributed by atoms with Crippen LogP contribution in [-0.2, 0) is 0 Å². The first-order valence-corrected chi connectivity index (χ1v) is 13.4. The van der Waals surface area contributed by atoms with Crippen LogP contribution in [0.25, 0.3) is 22.2 Å². The number of nitrogens with zero attached hydrogens (tertiary/aromatic N) is 2. The molecule has 1 saturated carbocycles. The van der Waals surface area contributed by atoms with Gasteiger partial charge in [-0.2, -0.15) is 5.10 Å². The summed E-state index contributed by atoms with van der Waals surface area (Å²) in [4.78, 5) is 15.7. The third-order valence-electron chi connectivity index (χ3n) is 7.82. The number of aromatic amines is 1. The van der Waals surface area contributed by atoms with Gasteiger partial charge in [0.05, 0.1) is 17.3 Å². The highest BCUT2D eigenvalue weighted by atomic mass is 16.5. The van der Waals surface area contributed by atoms with Gasteiger partial charge in [0, 0.05) is 29.6 Å². The number of hydrogen-bond donors (Lipinski definition) is 2. The standard InChI is InChI=1S/C31H34N4O2/c1-20-5-3-4-6-26(20)29(21-7-8-21)32-31(36)23-11-14-28-27(19-23)30(34-33-28)22-9-12-24(13-10-22)37-25-15-17-35(2)18-16-25/h3-6,9-14,19,21,25,29H,7-8,15-18H2,1-2H3,(H,32,36)(H,33,34). The smallest absolute Gasteiger partial charge is 0.251 e. The topological polar surface area (TPSA) is 70.2 Å². The Hall–Kier alpha value is -3.64. The maximum atomic E-state index is 13.4. The number of amides is 1. The van der Waals surface area contributed by atoms with Crippen LogP contribution < -0.4 is 10.1 Å². The highest BCUT2D eigenvalue weighted by Gasteiger charge is 2.34. The number of hydrogen-bond acceptors (Lipinski definition) is 4. The maximum Gasteiger partial charge on any atom is 0.251 e. The quantitative estimate of drug-likeness (QED) is 0.336. The number of rotatable bonds is 7. The first kappa shape index (κ1) is 23.7. The Kier molecular flexibility index (Phi) is 6.43. The summed E-state index contributed by atoms with van der Waals surface area (Å²) in [5, 5.41) is 12.0. The number of likely N-dealkylation sites (tertiary alicyclic amines) is 1. The van der Waals surface area contributed by atoms with Gasteiger partial charge in [0.2, 0.25) is 0 Å². The number of aryl methyl sites for hydroxylation is 1. The van der Waals surface area contributed by atoms with Crippen LogP contribution in [0.4, 0.5) is 0 Å². The van der Waals surface area contributed by atoms with E-state index in [0.717, 1.165) is 66.7 Å². The van der Waals surface area contributed by atoms with Crippen molar-refractivity contribution in [1.82, 2.24) is 20.4 Å². The van der Waals surface area contributed by atoms with Crippen molar-refractivity contribution in [3.05, 3.63) is 83.4 Å². The zero-order valence-electron chi connectivity index (χ0n) is 21.5. The highest BCUT2D eigenvalue weighted by molar-refractivity contribution is 6.01. The summed E-state index contributed by atoms with van der Waals surface area (Å²) in [5.41, 5.74) is 5.83. The van der Waals surface area contributed by atoms with Crippen molar-refractivity contribution in [2.45, 2.75) is 44.8 Å². The van der Waals surface area contributed by atoms with Gasteiger partial charge in [0.1, 0.15) is 11.9 Å². The lowest BCUT2D eigenvalue weighted by Gasteiger charge is -2.29. The lowest BCUT2D eigenvalue weighted by molar-refractivity contribution is 0.0931. The molecule has 2 aliphatic rings. The molecule has 1 aromatic heterocycles. The number of aromatic nitrogens is 2. The number of nitrogens with one attached hydrogen (secondary N) is 2. The van der Waals surface area contributed by atoms with Crippen LogP contribution in [0, 0.1) is 12.8 Å². The fourth-order valence-corrected chi connectivity index (χ4v) is 5.40. The summed E-state index contributed by atoms with van der Waals surface area (Å²) in [7, 11) is 2.16. The van der Waals surface area contributed by atoms with Gasteiger partial charge in [-0.25, -0.2) is 0 Å². The summed E-state index contributed by atoms with van der Waals surface area (Å²) in [6.45, 7) is 4.26. The molecule has 1 amide bonds. The zero-order chi connectivity index (χ0) is 25.4. The van der Waals surface area contributed by atoms with E-state index < -0.39 is 0 Å². The van der Waals surface area contributed by atoms with Gasteiger partial charge in [0.15, 0.2) is 0 Å². The molecule has 2 N–H and O–H groups in total. The summed E-state index contributed by atoms with van der Waals surface area (Å²) in [6.07, 6.45) is 4.69. The number of H-pyrrole nitrogens is 1. The van der Waals surface area contributed by atoms with E-state index in [9.17, 15) is 4.79 Å². The molecule has 4 aromatic rings. The normalized spacial score (nSPS) is 17.6. The lowest BCUT2D eigenvalue weighted by atomic mass is 9.97. The Morgan fingerprint density at radius 1 is 1.03 bits per heavy atom. The first-order valence-electron chi connectivity index (χ1n) is 13.4. The van der Waals surface area contributed by atoms with E-state index in [1.165, 1.54) is 11.1 Å². The Morgan fingerprint density at radius 3 is 2.51 bits per heavy atom. The number of fused-ring (bicyclic) bond motifs is 1. The minimum atomic E-state index is -0.0453. The predicted molar refractivity (Wildman–Crippen MR) is 147 cm³/mol. The van der Waals surface area contributed by atoms with Crippen LogP contribution in [0.15, 0.2) is 66.7 Å². The van der Waals surface area contributed by atoms with Crippen LogP contribution in [0.2, 0.25) is 0 Å². The third-order valence-corrected chi connectivity index (χ3v) is 7.82. The van der Waals surface area contributed by atoms with Gasteiger partial charge in [-0.3, -0.25) is 9.89 Å². The second-order valence-corrected chi connectivity index (χ2v) is 10.6. The van der Waals surface area contributed by atoms with Gasteiger partial charge >= 0.3 is 0 Å². The second kappa shape index (κ2) is 10.0. The van der Waals surface area contributed by atoms with Gasteiger partial charge in [-0.15, -0.1) is 0 Å². The zero-order valence-corrected chi connectivity index (χ0v) is 21.5. The van der Waals surface area contributed by atoms with Crippen molar-refractivity contribution in [3.8, 4) is 17.0 Å². The number of carbonyl (C=O) groups is 1. The van der Waals surface area contributed by atoms with E-state index in [4.69, 9.17) is 4.74 Å². The SMILES string of the molecule is Cc1ccccc1C(NC(=O)c1ccc2[nH]nc(-c3ccc(OC4CCN(C)CC4)cc3)c2c1)C1CC1. The second-order valence-electron chi connectivity index (χ2n) is 10.6. The molecule has 1 saturated heterocycles. The van der Waals surface area contributed by atoms with Crippen LogP contribution in [-0.4, -0.2) is 47.2 Å². The molecule has 0 spiro atoms. The van der Waals surface area contributed by atoms with E-state index in [-0.39, 0.29) is 18.1 Å². The molecule has 1 atom stereocenters. The van der Waals surface area contributed by atoms with Crippen LogP contribution in [0.3, 0.4) is 0 Å². The van der Waals surface area contributed by atoms with Gasteiger partial charge < -0.3 is 15.0 Å². The van der Waals surface area contributed by atoms with Crippen molar-refractivity contribution < 1.29 is 9.53 Å². The number of benzene rings is 3. The Bertz CT molecular complexity index is 1400. The molecular formula is C31H34N4O2. The van der Waals surface area contributed by atoms with Crippen molar-refractivity contribution in [1.29, 1.82) is 0 Å². The average molecular weight is 495 g/mol. The van der Waals surface area contributed by atoms with E-state index in [1.54, 1.807) is 0 Å². The molecule has 6 rings (SSSR count). The summed E-state index contributed by atoms with van der Waals surface area (Å²) in [6, 6.07) is 22.3. The molecule has 190 valence electrons. The molecule has 1 aliphatic heterocycles. The Balaban J connectivity index is 1.21. The van der Waals surface area contributed by atoms with Gasteiger partial charge in [-0.1, -0.05) is 24.3 Å². The van der Waals surface area contributed by atoms with Crippen molar-refractivity contribution in [3.63, 3.8) is 0 Å². The first-order chi connectivity index (χ1) is 18.0. The molecule has 37 heavy (non-hydrogen) atoms. The largest absolute Gasteiger partial charge is 0.490 e. The lowest BCUT2D eigenvalue weighted by Crippen LogP contribution is -2.35. The van der Waals surface area contributed by atoms with Crippen LogP contribution in [0.5, 0.6) is 5.75 Å². The number of carbonyl (C=O) groups excluding carboxylic acids is 1. The van der Waals surface area contributed by atoms with E-state index >= 15 is 0 Å². The molecule has 0 bridgehead atoms. The van der Waals surface area contributed by atoms with E-state index in [0.29, 0.717) is 11.5 Å². The van der Waals surface area contributed by atoms with E-state index in [2.05, 4.69) is 52.6 Å². The summed E-state index contributed by atoms with van der Waals surface area (Å²) >= 11 is 0. The number of ether oxygens (including phenoxy) is 1.